The number of hydrogen-bond donors (Lipinski definition) is 0. The first-order valence-corrected chi connectivity index (χ1v) is 18.2. The zero-order chi connectivity index (χ0) is 32.3. The maximum Gasteiger partial charge on any atom is 0.0640 e. The Morgan fingerprint density at radius 1 is 0.367 bits per heavy atom. The third-order valence-electron chi connectivity index (χ3n) is 9.66. The van der Waals surface area contributed by atoms with Crippen LogP contribution in [-0.2, 0) is 0 Å². The van der Waals surface area contributed by atoms with Gasteiger partial charge in [-0.05, 0) is 75.5 Å². The lowest BCUT2D eigenvalue weighted by atomic mass is 9.98. The van der Waals surface area contributed by atoms with E-state index >= 15 is 0 Å². The monoisotopic (exact) mass is 659 g/mol. The fraction of sp³-hybridized carbons (Fsp3) is 0. The molecule has 3 heteroatoms. The smallest absolute Gasteiger partial charge is 0.0640 e. The van der Waals surface area contributed by atoms with Gasteiger partial charge in [-0.25, -0.2) is 0 Å². The molecule has 10 rings (SSSR count). The van der Waals surface area contributed by atoms with Crippen LogP contribution in [0.15, 0.2) is 176 Å². The van der Waals surface area contributed by atoms with Crippen LogP contribution in [0, 0.1) is 0 Å². The molecule has 230 valence electrons. The molecule has 0 N–H and O–H groups in total. The molecule has 0 aliphatic carbocycles. The van der Waals surface area contributed by atoms with E-state index in [2.05, 4.69) is 181 Å². The Hall–Kier alpha value is -5.74. The van der Waals surface area contributed by atoms with Crippen molar-refractivity contribution < 1.29 is 0 Å². The average molecular weight is 660 g/mol. The Labute approximate surface area is 292 Å². The quantitative estimate of drug-likeness (QED) is 0.178. The Bertz CT molecular complexity index is 2830. The summed E-state index contributed by atoms with van der Waals surface area (Å²) in [7, 11) is 0. The molecule has 0 radical (unpaired) electrons. The van der Waals surface area contributed by atoms with Crippen LogP contribution in [0.2, 0.25) is 0 Å². The highest BCUT2D eigenvalue weighted by Crippen LogP contribution is 2.47. The largest absolute Gasteiger partial charge is 0.309 e. The molecule has 2 aromatic heterocycles. The predicted molar refractivity (Wildman–Crippen MR) is 215 cm³/mol. The van der Waals surface area contributed by atoms with E-state index in [1.807, 2.05) is 22.7 Å². The number of anilines is 3. The first-order chi connectivity index (χ1) is 24.3. The lowest BCUT2D eigenvalue weighted by Crippen LogP contribution is -2.10. The Kier molecular flexibility index (Phi) is 6.61. The molecular formula is C46H29NS2. The van der Waals surface area contributed by atoms with Crippen LogP contribution in [0.1, 0.15) is 0 Å². The number of benzene rings is 8. The summed E-state index contributed by atoms with van der Waals surface area (Å²) < 4.78 is 5.27. The van der Waals surface area contributed by atoms with Gasteiger partial charge in [-0.1, -0.05) is 133 Å². The Morgan fingerprint density at radius 2 is 1.04 bits per heavy atom. The second-order valence-electron chi connectivity index (χ2n) is 12.5. The van der Waals surface area contributed by atoms with Crippen molar-refractivity contribution in [3.8, 4) is 22.3 Å². The highest BCUT2D eigenvalue weighted by Gasteiger charge is 2.20. The van der Waals surface area contributed by atoms with Crippen molar-refractivity contribution in [3.63, 3.8) is 0 Å². The summed E-state index contributed by atoms with van der Waals surface area (Å²) in [6.07, 6.45) is 0. The standard InChI is InChI=1S/C46H29NS2/c1-2-11-30(12-3-1)31-23-26-34(27-24-31)47(41-20-9-19-38-39-28-25-32-13-4-5-16-37(32)45(39)49-46(38)41)35-15-8-14-33(29-35)36-18-10-22-43-44(36)40-17-6-7-21-42(40)48-43/h1-29H. The van der Waals surface area contributed by atoms with Gasteiger partial charge in [0.15, 0.2) is 0 Å². The van der Waals surface area contributed by atoms with Crippen LogP contribution in [0.25, 0.3) is 73.4 Å². The Balaban J connectivity index is 1.20. The molecule has 8 aromatic carbocycles. The normalized spacial score (nSPS) is 11.7. The van der Waals surface area contributed by atoms with Crippen molar-refractivity contribution >= 4 is 90.9 Å². The molecule has 49 heavy (non-hydrogen) atoms. The van der Waals surface area contributed by atoms with Crippen molar-refractivity contribution in [1.29, 1.82) is 0 Å². The summed E-state index contributed by atoms with van der Waals surface area (Å²) in [5, 5.41) is 7.84. The van der Waals surface area contributed by atoms with Crippen LogP contribution in [0.5, 0.6) is 0 Å². The SMILES string of the molecule is c1ccc(-c2ccc(N(c3cccc(-c4cccc5sc6ccccc6c45)c3)c3cccc4c3sc3c5ccccc5ccc43)cc2)cc1. The fourth-order valence-corrected chi connectivity index (χ4v) is 9.85. The van der Waals surface area contributed by atoms with E-state index < -0.39 is 0 Å². The molecule has 0 aliphatic rings. The fourth-order valence-electron chi connectivity index (χ4n) is 7.38. The summed E-state index contributed by atoms with van der Waals surface area (Å²) in [5.74, 6) is 0. The van der Waals surface area contributed by atoms with E-state index in [9.17, 15) is 0 Å². The van der Waals surface area contributed by atoms with Crippen molar-refractivity contribution in [3.05, 3.63) is 176 Å². The van der Waals surface area contributed by atoms with Gasteiger partial charge >= 0.3 is 0 Å². The average Bonchev–Trinajstić information content (AvgIpc) is 3.75. The lowest BCUT2D eigenvalue weighted by Gasteiger charge is -2.27. The second-order valence-corrected chi connectivity index (χ2v) is 14.6. The van der Waals surface area contributed by atoms with E-state index in [4.69, 9.17) is 0 Å². The van der Waals surface area contributed by atoms with Crippen molar-refractivity contribution in [2.75, 3.05) is 4.90 Å². The number of rotatable bonds is 5. The molecule has 0 fully saturated rings. The zero-order valence-corrected chi connectivity index (χ0v) is 28.1. The summed E-state index contributed by atoms with van der Waals surface area (Å²) >= 11 is 3.77. The predicted octanol–water partition coefficient (Wildman–Crippen LogP) is 14.4. The summed E-state index contributed by atoms with van der Waals surface area (Å²) in [5.41, 5.74) is 8.36. The van der Waals surface area contributed by atoms with Gasteiger partial charge in [-0.2, -0.15) is 0 Å². The van der Waals surface area contributed by atoms with E-state index in [-0.39, 0.29) is 0 Å². The molecule has 0 saturated heterocycles. The molecule has 0 atom stereocenters. The summed E-state index contributed by atoms with van der Waals surface area (Å²) in [6.45, 7) is 0. The third kappa shape index (κ3) is 4.66. The highest BCUT2D eigenvalue weighted by atomic mass is 32.1. The van der Waals surface area contributed by atoms with Gasteiger partial charge < -0.3 is 4.90 Å². The number of nitrogens with zero attached hydrogens (tertiary/aromatic N) is 1. The number of hydrogen-bond acceptors (Lipinski definition) is 3. The summed E-state index contributed by atoms with van der Waals surface area (Å²) in [4.78, 5) is 2.45. The van der Waals surface area contributed by atoms with E-state index in [1.54, 1.807) is 0 Å². The van der Waals surface area contributed by atoms with Gasteiger partial charge in [0, 0.05) is 47.0 Å². The Morgan fingerprint density at radius 3 is 1.94 bits per heavy atom. The van der Waals surface area contributed by atoms with E-state index in [0.29, 0.717) is 0 Å². The molecule has 0 bridgehead atoms. The molecule has 0 aliphatic heterocycles. The number of fused-ring (bicyclic) bond motifs is 8. The van der Waals surface area contributed by atoms with Crippen LogP contribution in [0.3, 0.4) is 0 Å². The third-order valence-corrected chi connectivity index (χ3v) is 12.1. The van der Waals surface area contributed by atoms with Gasteiger partial charge in [-0.15, -0.1) is 22.7 Å². The summed E-state index contributed by atoms with van der Waals surface area (Å²) in [6, 6.07) is 64.3. The van der Waals surface area contributed by atoms with Crippen molar-refractivity contribution in [2.24, 2.45) is 0 Å². The van der Waals surface area contributed by atoms with Gasteiger partial charge in [0.25, 0.3) is 0 Å². The molecule has 2 heterocycles. The molecule has 0 unspecified atom stereocenters. The minimum Gasteiger partial charge on any atom is -0.309 e. The van der Waals surface area contributed by atoms with E-state index in [1.165, 1.54) is 79.1 Å². The molecule has 0 saturated carbocycles. The van der Waals surface area contributed by atoms with Gasteiger partial charge in [-0.3, -0.25) is 0 Å². The van der Waals surface area contributed by atoms with E-state index in [0.717, 1.165) is 11.4 Å². The molecule has 0 spiro atoms. The first kappa shape index (κ1) is 28.3. The minimum atomic E-state index is 1.13. The topological polar surface area (TPSA) is 3.24 Å². The van der Waals surface area contributed by atoms with Gasteiger partial charge in [0.2, 0.25) is 0 Å². The molecular weight excluding hydrogens is 631 g/mol. The van der Waals surface area contributed by atoms with Crippen LogP contribution < -0.4 is 4.90 Å². The van der Waals surface area contributed by atoms with Crippen molar-refractivity contribution in [1.82, 2.24) is 0 Å². The van der Waals surface area contributed by atoms with Crippen LogP contribution in [-0.4, -0.2) is 0 Å². The first-order valence-electron chi connectivity index (χ1n) is 16.6. The molecule has 1 nitrogen and oxygen atoms in total. The van der Waals surface area contributed by atoms with Crippen LogP contribution in [0.4, 0.5) is 17.1 Å². The van der Waals surface area contributed by atoms with Gasteiger partial charge in [0.05, 0.1) is 10.4 Å². The maximum absolute atomic E-state index is 2.45. The highest BCUT2D eigenvalue weighted by molar-refractivity contribution is 7.27. The zero-order valence-electron chi connectivity index (χ0n) is 26.5. The molecule has 10 aromatic rings. The maximum atomic E-state index is 2.45. The second kappa shape index (κ2) is 11.5. The minimum absolute atomic E-state index is 1.13. The van der Waals surface area contributed by atoms with Crippen LogP contribution >= 0.6 is 22.7 Å². The molecule has 0 amide bonds. The van der Waals surface area contributed by atoms with Crippen molar-refractivity contribution in [2.45, 2.75) is 0 Å². The lowest BCUT2D eigenvalue weighted by molar-refractivity contribution is 1.30. The van der Waals surface area contributed by atoms with Gasteiger partial charge in [0.1, 0.15) is 0 Å². The number of thiophene rings is 2.